The van der Waals surface area contributed by atoms with Crippen molar-refractivity contribution in [2.24, 2.45) is 0 Å². The highest BCUT2D eigenvalue weighted by molar-refractivity contribution is 5.79. The molecule has 0 saturated heterocycles. The fourth-order valence-electron chi connectivity index (χ4n) is 3.35. The van der Waals surface area contributed by atoms with Crippen molar-refractivity contribution in [3.63, 3.8) is 0 Å². The molecule has 1 saturated carbocycles. The van der Waals surface area contributed by atoms with Gasteiger partial charge in [0, 0.05) is 6.04 Å². The molecule has 6 nitrogen and oxygen atoms in total. The molecule has 0 spiro atoms. The van der Waals surface area contributed by atoms with Gasteiger partial charge in [-0.1, -0.05) is 12.1 Å². The van der Waals surface area contributed by atoms with Gasteiger partial charge in [-0.15, -0.1) is 0 Å². The van der Waals surface area contributed by atoms with Crippen molar-refractivity contribution in [2.75, 3.05) is 7.11 Å². The summed E-state index contributed by atoms with van der Waals surface area (Å²) in [5.74, 6) is 0.356. The first-order valence-electron chi connectivity index (χ1n) is 9.10. The molecule has 1 aromatic carbocycles. The van der Waals surface area contributed by atoms with Gasteiger partial charge in [0.1, 0.15) is 11.9 Å². The Bertz CT molecular complexity index is 775. The summed E-state index contributed by atoms with van der Waals surface area (Å²) >= 11 is 0. The van der Waals surface area contributed by atoms with E-state index < -0.39 is 5.82 Å². The molecule has 27 heavy (non-hydrogen) atoms. The molecule has 0 radical (unpaired) electrons. The SMILES string of the molecule is COc1ccc(CC(=O)NC2CCC(Oc3ncc(F)cn3)CC2)cc1C. The molecule has 1 fully saturated rings. The van der Waals surface area contributed by atoms with Crippen LogP contribution in [0.3, 0.4) is 0 Å². The summed E-state index contributed by atoms with van der Waals surface area (Å²) in [6.07, 6.45) is 5.79. The quantitative estimate of drug-likeness (QED) is 0.843. The number of hydrogen-bond donors (Lipinski definition) is 1. The number of rotatable bonds is 6. The summed E-state index contributed by atoms with van der Waals surface area (Å²) < 4.78 is 23.8. The number of nitrogens with one attached hydrogen (secondary N) is 1. The molecule has 1 N–H and O–H groups in total. The molecule has 0 bridgehead atoms. The van der Waals surface area contributed by atoms with E-state index in [1.165, 1.54) is 0 Å². The van der Waals surface area contributed by atoms with Crippen molar-refractivity contribution in [3.8, 4) is 11.8 Å². The zero-order chi connectivity index (χ0) is 19.2. The van der Waals surface area contributed by atoms with Gasteiger partial charge in [-0.3, -0.25) is 4.79 Å². The second kappa shape index (κ2) is 8.79. The second-order valence-corrected chi connectivity index (χ2v) is 6.82. The molecule has 1 amide bonds. The van der Waals surface area contributed by atoms with Gasteiger partial charge >= 0.3 is 6.01 Å². The number of amides is 1. The minimum Gasteiger partial charge on any atom is -0.496 e. The minimum absolute atomic E-state index is 0.00662. The first-order chi connectivity index (χ1) is 13.0. The topological polar surface area (TPSA) is 73.3 Å². The van der Waals surface area contributed by atoms with Gasteiger partial charge in [0.2, 0.25) is 5.91 Å². The number of ether oxygens (including phenoxy) is 2. The fraction of sp³-hybridized carbons (Fsp3) is 0.450. The Morgan fingerprint density at radius 3 is 2.56 bits per heavy atom. The Labute approximate surface area is 158 Å². The van der Waals surface area contributed by atoms with E-state index in [4.69, 9.17) is 9.47 Å². The highest BCUT2D eigenvalue weighted by atomic mass is 19.1. The first-order valence-corrected chi connectivity index (χ1v) is 9.10. The monoisotopic (exact) mass is 373 g/mol. The van der Waals surface area contributed by atoms with E-state index in [0.29, 0.717) is 6.42 Å². The third-order valence-electron chi connectivity index (χ3n) is 4.73. The molecular formula is C20H24FN3O3. The average molecular weight is 373 g/mol. The number of hydrogen-bond acceptors (Lipinski definition) is 5. The highest BCUT2D eigenvalue weighted by Crippen LogP contribution is 2.23. The summed E-state index contributed by atoms with van der Waals surface area (Å²) in [6, 6.07) is 6.12. The van der Waals surface area contributed by atoms with Crippen LogP contribution in [0.5, 0.6) is 11.8 Å². The van der Waals surface area contributed by atoms with Gasteiger partial charge in [-0.2, -0.15) is 0 Å². The maximum absolute atomic E-state index is 12.8. The van der Waals surface area contributed by atoms with Crippen LogP contribution in [0.15, 0.2) is 30.6 Å². The van der Waals surface area contributed by atoms with E-state index in [1.54, 1.807) is 7.11 Å². The Morgan fingerprint density at radius 2 is 1.93 bits per heavy atom. The van der Waals surface area contributed by atoms with E-state index in [1.807, 2.05) is 25.1 Å². The van der Waals surface area contributed by atoms with Gasteiger partial charge in [0.05, 0.1) is 25.9 Å². The lowest BCUT2D eigenvalue weighted by Crippen LogP contribution is -2.40. The third-order valence-corrected chi connectivity index (χ3v) is 4.73. The fourth-order valence-corrected chi connectivity index (χ4v) is 3.35. The number of carbonyl (C=O) groups excluding carboxylic acids is 1. The summed E-state index contributed by atoms with van der Waals surface area (Å²) in [4.78, 5) is 20.0. The van der Waals surface area contributed by atoms with E-state index >= 15 is 0 Å². The molecule has 7 heteroatoms. The lowest BCUT2D eigenvalue weighted by Gasteiger charge is -2.28. The third kappa shape index (κ3) is 5.39. The van der Waals surface area contributed by atoms with Crippen LogP contribution in [0, 0.1) is 12.7 Å². The van der Waals surface area contributed by atoms with E-state index in [9.17, 15) is 9.18 Å². The molecule has 1 aromatic heterocycles. The number of methoxy groups -OCH3 is 1. The Hall–Kier alpha value is -2.70. The zero-order valence-electron chi connectivity index (χ0n) is 15.6. The molecular weight excluding hydrogens is 349 g/mol. The summed E-state index contributed by atoms with van der Waals surface area (Å²) in [6.45, 7) is 1.96. The van der Waals surface area contributed by atoms with Gasteiger partial charge < -0.3 is 14.8 Å². The molecule has 2 aromatic rings. The zero-order valence-corrected chi connectivity index (χ0v) is 15.6. The number of aromatic nitrogens is 2. The number of halogens is 1. The summed E-state index contributed by atoms with van der Waals surface area (Å²) in [7, 11) is 1.64. The molecule has 0 aliphatic heterocycles. The molecule has 0 unspecified atom stereocenters. The van der Waals surface area contributed by atoms with Crippen LogP contribution in [0.1, 0.15) is 36.8 Å². The number of carbonyl (C=O) groups is 1. The van der Waals surface area contributed by atoms with Crippen molar-refractivity contribution in [1.29, 1.82) is 0 Å². The average Bonchev–Trinajstić information content (AvgIpc) is 2.65. The summed E-state index contributed by atoms with van der Waals surface area (Å²) in [5.41, 5.74) is 1.99. The summed E-state index contributed by atoms with van der Waals surface area (Å²) in [5, 5.41) is 3.10. The van der Waals surface area contributed by atoms with Crippen LogP contribution in [0.2, 0.25) is 0 Å². The molecule has 0 atom stereocenters. The van der Waals surface area contributed by atoms with Crippen LogP contribution in [-0.4, -0.2) is 35.1 Å². The van der Waals surface area contributed by atoms with Crippen molar-refractivity contribution in [2.45, 2.75) is 51.2 Å². The first kappa shape index (κ1) is 19.1. The largest absolute Gasteiger partial charge is 0.496 e. The normalized spacial score (nSPS) is 19.4. The van der Waals surface area contributed by atoms with Gasteiger partial charge in [-0.05, 0) is 49.8 Å². The minimum atomic E-state index is -0.485. The van der Waals surface area contributed by atoms with Crippen molar-refractivity contribution < 1.29 is 18.7 Å². The van der Waals surface area contributed by atoms with Crippen molar-refractivity contribution in [1.82, 2.24) is 15.3 Å². The van der Waals surface area contributed by atoms with Gasteiger partial charge in [-0.25, -0.2) is 14.4 Å². The van der Waals surface area contributed by atoms with E-state index in [2.05, 4.69) is 15.3 Å². The Balaban J connectivity index is 1.43. The number of benzene rings is 1. The van der Waals surface area contributed by atoms with Gasteiger partial charge in [0.25, 0.3) is 0 Å². The predicted molar refractivity (Wildman–Crippen MR) is 98.2 cm³/mol. The van der Waals surface area contributed by atoms with Crippen LogP contribution >= 0.6 is 0 Å². The predicted octanol–water partition coefficient (Wildman–Crippen LogP) is 2.98. The second-order valence-electron chi connectivity index (χ2n) is 6.82. The molecule has 1 aliphatic rings. The van der Waals surface area contributed by atoms with Gasteiger partial charge in [0.15, 0.2) is 5.82 Å². The lowest BCUT2D eigenvalue weighted by atomic mass is 9.92. The standard InChI is InChI=1S/C20H24FN3O3/c1-13-9-14(3-8-18(13)26-2)10-19(25)24-16-4-6-17(7-5-16)27-20-22-11-15(21)12-23-20/h3,8-9,11-12,16-17H,4-7,10H2,1-2H3,(H,24,25). The van der Waals surface area contributed by atoms with E-state index in [-0.39, 0.29) is 24.1 Å². The lowest BCUT2D eigenvalue weighted by molar-refractivity contribution is -0.121. The molecule has 1 heterocycles. The van der Waals surface area contributed by atoms with E-state index in [0.717, 1.165) is 55.0 Å². The Kier molecular flexibility index (Phi) is 6.21. The van der Waals surface area contributed by atoms with Crippen LogP contribution in [0.25, 0.3) is 0 Å². The van der Waals surface area contributed by atoms with Crippen molar-refractivity contribution in [3.05, 3.63) is 47.5 Å². The Morgan fingerprint density at radius 1 is 1.22 bits per heavy atom. The van der Waals surface area contributed by atoms with Crippen LogP contribution in [0.4, 0.5) is 4.39 Å². The number of nitrogens with zero attached hydrogens (tertiary/aromatic N) is 2. The molecule has 1 aliphatic carbocycles. The highest BCUT2D eigenvalue weighted by Gasteiger charge is 2.24. The van der Waals surface area contributed by atoms with Crippen LogP contribution in [-0.2, 0) is 11.2 Å². The maximum atomic E-state index is 12.8. The smallest absolute Gasteiger partial charge is 0.316 e. The molecule has 3 rings (SSSR count). The number of aryl methyl sites for hydroxylation is 1. The maximum Gasteiger partial charge on any atom is 0.316 e. The molecule has 144 valence electrons. The van der Waals surface area contributed by atoms with Crippen molar-refractivity contribution >= 4 is 5.91 Å². The van der Waals surface area contributed by atoms with Crippen LogP contribution < -0.4 is 14.8 Å².